The Morgan fingerprint density at radius 1 is 1.00 bits per heavy atom. The van der Waals surface area contributed by atoms with Gasteiger partial charge < -0.3 is 31.9 Å². The quantitative estimate of drug-likeness (QED) is 0.235. The molecule has 5 atom stereocenters. The zero-order valence-corrected chi connectivity index (χ0v) is 16.1. The van der Waals surface area contributed by atoms with Crippen LogP contribution < -0.4 is 21.7 Å². The van der Waals surface area contributed by atoms with E-state index in [2.05, 4.69) is 16.0 Å². The minimum absolute atomic E-state index is 0.249. The van der Waals surface area contributed by atoms with Crippen LogP contribution in [0.5, 0.6) is 0 Å². The fourth-order valence-electron chi connectivity index (χ4n) is 1.85. The number of thioether (sulfide) groups is 1. The summed E-state index contributed by atoms with van der Waals surface area (Å²) in [4.78, 5) is 47.2. The maximum Gasteiger partial charge on any atom is 0.328 e. The number of carboxylic acid groups (broad SMARTS) is 1. The fourth-order valence-corrected chi connectivity index (χ4v) is 2.33. The lowest BCUT2D eigenvalue weighted by Gasteiger charge is -2.24. The number of amides is 3. The second-order valence-electron chi connectivity index (χ2n) is 5.93. The van der Waals surface area contributed by atoms with E-state index in [0.717, 1.165) is 0 Å². The third kappa shape index (κ3) is 8.50. The SMILES string of the molecule is CSCCC(NC(=O)C(C)NC(=O)C(C)N)C(=O)NC(C(=O)O)C(C)O. The molecule has 11 heteroatoms. The number of aliphatic hydroxyl groups excluding tert-OH is 1. The zero-order chi connectivity index (χ0) is 20.4. The maximum absolute atomic E-state index is 12.3. The van der Waals surface area contributed by atoms with Gasteiger partial charge in [0.05, 0.1) is 12.1 Å². The van der Waals surface area contributed by atoms with Crippen LogP contribution >= 0.6 is 11.8 Å². The fraction of sp³-hybridized carbons (Fsp3) is 0.733. The van der Waals surface area contributed by atoms with Crippen molar-refractivity contribution in [3.05, 3.63) is 0 Å². The molecule has 150 valence electrons. The molecule has 0 aromatic carbocycles. The van der Waals surface area contributed by atoms with Crippen LogP contribution in [0.25, 0.3) is 0 Å². The van der Waals surface area contributed by atoms with Gasteiger partial charge in [0.2, 0.25) is 17.7 Å². The first-order valence-corrected chi connectivity index (χ1v) is 9.47. The molecule has 0 radical (unpaired) electrons. The number of carboxylic acids is 1. The van der Waals surface area contributed by atoms with Crippen LogP contribution in [0.1, 0.15) is 27.2 Å². The van der Waals surface area contributed by atoms with Crippen molar-refractivity contribution in [1.29, 1.82) is 0 Å². The molecule has 7 N–H and O–H groups in total. The summed E-state index contributed by atoms with van der Waals surface area (Å²) in [6, 6.07) is -4.22. The average Bonchev–Trinajstić information content (AvgIpc) is 2.54. The zero-order valence-electron chi connectivity index (χ0n) is 15.3. The summed E-state index contributed by atoms with van der Waals surface area (Å²) >= 11 is 1.45. The molecule has 26 heavy (non-hydrogen) atoms. The third-order valence-electron chi connectivity index (χ3n) is 3.46. The second kappa shape index (κ2) is 11.7. The van der Waals surface area contributed by atoms with Gasteiger partial charge in [-0.2, -0.15) is 11.8 Å². The summed E-state index contributed by atoms with van der Waals surface area (Å²) in [5.74, 6) is -2.71. The van der Waals surface area contributed by atoms with E-state index in [-0.39, 0.29) is 6.42 Å². The highest BCUT2D eigenvalue weighted by Crippen LogP contribution is 2.04. The molecule has 10 nitrogen and oxygen atoms in total. The van der Waals surface area contributed by atoms with Gasteiger partial charge in [-0.3, -0.25) is 14.4 Å². The number of hydrogen-bond acceptors (Lipinski definition) is 7. The number of rotatable bonds is 11. The molecule has 0 saturated carbocycles. The third-order valence-corrected chi connectivity index (χ3v) is 4.10. The molecule has 0 aromatic heterocycles. The van der Waals surface area contributed by atoms with Crippen LogP contribution in [0.15, 0.2) is 0 Å². The molecule has 0 aliphatic rings. The maximum atomic E-state index is 12.3. The molecule has 0 fully saturated rings. The number of hydrogen-bond donors (Lipinski definition) is 6. The van der Waals surface area contributed by atoms with Gasteiger partial charge in [-0.15, -0.1) is 0 Å². The minimum Gasteiger partial charge on any atom is -0.480 e. The van der Waals surface area contributed by atoms with E-state index in [0.29, 0.717) is 5.75 Å². The van der Waals surface area contributed by atoms with Crippen LogP contribution in [0.4, 0.5) is 0 Å². The van der Waals surface area contributed by atoms with Crippen LogP contribution in [-0.4, -0.2) is 76.2 Å². The summed E-state index contributed by atoms with van der Waals surface area (Å²) in [5.41, 5.74) is 5.42. The highest BCUT2D eigenvalue weighted by molar-refractivity contribution is 7.98. The number of carbonyl (C=O) groups is 4. The molecule has 0 heterocycles. The normalized spacial score (nSPS) is 16.5. The first-order valence-electron chi connectivity index (χ1n) is 8.07. The van der Waals surface area contributed by atoms with Crippen LogP contribution in [0.3, 0.4) is 0 Å². The summed E-state index contributed by atoms with van der Waals surface area (Å²) in [7, 11) is 0. The molecule has 0 saturated heterocycles. The lowest BCUT2D eigenvalue weighted by Crippen LogP contribution is -2.57. The summed E-state index contributed by atoms with van der Waals surface area (Å²) in [5, 5.41) is 25.6. The van der Waals surface area contributed by atoms with E-state index in [1.807, 2.05) is 6.26 Å². The van der Waals surface area contributed by atoms with E-state index < -0.39 is 54.0 Å². The smallest absolute Gasteiger partial charge is 0.328 e. The highest BCUT2D eigenvalue weighted by atomic mass is 32.2. The van der Waals surface area contributed by atoms with Crippen molar-refractivity contribution in [2.24, 2.45) is 5.73 Å². The molecule has 0 aromatic rings. The Labute approximate surface area is 156 Å². The predicted octanol–water partition coefficient (Wildman–Crippen LogP) is -1.97. The first kappa shape index (κ1) is 24.1. The number of aliphatic hydroxyl groups is 1. The van der Waals surface area contributed by atoms with Crippen LogP contribution in [-0.2, 0) is 19.2 Å². The highest BCUT2D eigenvalue weighted by Gasteiger charge is 2.30. The molecule has 5 unspecified atom stereocenters. The number of nitrogens with one attached hydrogen (secondary N) is 3. The van der Waals surface area contributed by atoms with Crippen molar-refractivity contribution in [2.45, 2.75) is 57.5 Å². The molecular weight excluding hydrogens is 364 g/mol. The van der Waals surface area contributed by atoms with Gasteiger partial charge in [0, 0.05) is 0 Å². The van der Waals surface area contributed by atoms with Gasteiger partial charge in [0.1, 0.15) is 12.1 Å². The molecule has 0 spiro atoms. The van der Waals surface area contributed by atoms with Crippen molar-refractivity contribution in [2.75, 3.05) is 12.0 Å². The lowest BCUT2D eigenvalue weighted by molar-refractivity contribution is -0.145. The minimum atomic E-state index is -1.49. The largest absolute Gasteiger partial charge is 0.480 e. The van der Waals surface area contributed by atoms with E-state index in [1.165, 1.54) is 32.5 Å². The van der Waals surface area contributed by atoms with E-state index >= 15 is 0 Å². The second-order valence-corrected chi connectivity index (χ2v) is 6.91. The monoisotopic (exact) mass is 392 g/mol. The molecule has 0 aliphatic heterocycles. The van der Waals surface area contributed by atoms with Gasteiger partial charge in [0.15, 0.2) is 6.04 Å². The van der Waals surface area contributed by atoms with Gasteiger partial charge in [-0.25, -0.2) is 4.79 Å². The molecular formula is C15H28N4O6S. The van der Waals surface area contributed by atoms with Crippen LogP contribution in [0, 0.1) is 0 Å². The molecule has 0 rings (SSSR count). The number of carbonyl (C=O) groups excluding carboxylic acids is 3. The van der Waals surface area contributed by atoms with Crippen LogP contribution in [0.2, 0.25) is 0 Å². The van der Waals surface area contributed by atoms with Crippen molar-refractivity contribution in [3.63, 3.8) is 0 Å². The van der Waals surface area contributed by atoms with Gasteiger partial charge in [-0.05, 0) is 39.2 Å². The van der Waals surface area contributed by atoms with Gasteiger partial charge in [0.25, 0.3) is 0 Å². The van der Waals surface area contributed by atoms with Crippen molar-refractivity contribution >= 4 is 35.5 Å². The van der Waals surface area contributed by atoms with Crippen molar-refractivity contribution in [1.82, 2.24) is 16.0 Å². The van der Waals surface area contributed by atoms with E-state index in [4.69, 9.17) is 10.8 Å². The van der Waals surface area contributed by atoms with Crippen molar-refractivity contribution < 1.29 is 29.4 Å². The molecule has 0 aliphatic carbocycles. The van der Waals surface area contributed by atoms with E-state index in [9.17, 15) is 24.3 Å². The predicted molar refractivity (Wildman–Crippen MR) is 97.4 cm³/mol. The molecule has 0 bridgehead atoms. The first-order chi connectivity index (χ1) is 12.0. The topological polar surface area (TPSA) is 171 Å². The summed E-state index contributed by atoms with van der Waals surface area (Å²) < 4.78 is 0. The van der Waals surface area contributed by atoms with Gasteiger partial charge in [-0.1, -0.05) is 0 Å². The summed E-state index contributed by atoms with van der Waals surface area (Å²) in [6.45, 7) is 4.14. The Bertz CT molecular complexity index is 514. The Morgan fingerprint density at radius 3 is 2.00 bits per heavy atom. The number of aliphatic carboxylic acids is 1. The lowest BCUT2D eigenvalue weighted by atomic mass is 10.1. The number of nitrogens with two attached hydrogens (primary N) is 1. The Hall–Kier alpha value is -1.85. The summed E-state index contributed by atoms with van der Waals surface area (Å²) in [6.07, 6.45) is 0.759. The Kier molecular flexibility index (Phi) is 10.9. The molecule has 3 amide bonds. The standard InChI is InChI=1S/C15H28N4O6S/c1-7(16)12(21)17-8(2)13(22)18-10(5-6-26-4)14(23)19-11(9(3)20)15(24)25/h7-11,20H,5-6,16H2,1-4H3,(H,17,21)(H,18,22)(H,19,23)(H,24,25). The van der Waals surface area contributed by atoms with E-state index in [1.54, 1.807) is 0 Å². The Balaban J connectivity index is 5.01. The van der Waals surface area contributed by atoms with Crippen molar-refractivity contribution in [3.8, 4) is 0 Å². The Morgan fingerprint density at radius 2 is 1.58 bits per heavy atom. The average molecular weight is 392 g/mol. The van der Waals surface area contributed by atoms with Gasteiger partial charge >= 0.3 is 5.97 Å².